The Morgan fingerprint density at radius 1 is 0.898 bits per heavy atom. The zero-order chi connectivity index (χ0) is 45.9. The Bertz CT molecular complexity index is 1400. The van der Waals surface area contributed by atoms with E-state index in [9.17, 15) is 33.6 Å². The number of nitrogens with one attached hydrogen (secondary N) is 5. The lowest BCUT2D eigenvalue weighted by atomic mass is 9.80. The summed E-state index contributed by atoms with van der Waals surface area (Å²) in [4.78, 5) is 87.8. The fraction of sp³-hybridized carbons (Fsp3) is 0.717. The molecule has 5 N–H and O–H groups in total. The summed E-state index contributed by atoms with van der Waals surface area (Å²) in [5.41, 5.74) is 0.296. The van der Waals surface area contributed by atoms with E-state index in [-0.39, 0.29) is 40.5 Å². The summed E-state index contributed by atoms with van der Waals surface area (Å²) in [5.74, 6) is -2.32. The molecule has 59 heavy (non-hydrogen) atoms. The van der Waals surface area contributed by atoms with Crippen LogP contribution >= 0.6 is 0 Å². The van der Waals surface area contributed by atoms with E-state index in [2.05, 4.69) is 61.2 Å². The molecular weight excluding hydrogens is 749 g/mol. The van der Waals surface area contributed by atoms with Crippen LogP contribution in [-0.4, -0.2) is 91.3 Å². The predicted octanol–water partition coefficient (Wildman–Crippen LogP) is 6.30. The zero-order valence-corrected chi connectivity index (χ0v) is 39.3. The molecule has 0 bridgehead atoms. The summed E-state index contributed by atoms with van der Waals surface area (Å²) < 4.78 is 0. The van der Waals surface area contributed by atoms with Crippen molar-refractivity contribution in [1.29, 1.82) is 0 Å². The molecular formula is C46H82N6O7. The molecule has 1 aliphatic carbocycles. The van der Waals surface area contributed by atoms with E-state index < -0.39 is 42.1 Å². The average Bonchev–Trinajstić information content (AvgIpc) is 3.13. The topological polar surface area (TPSA) is 183 Å². The number of ketones is 2. The third-order valence-electron chi connectivity index (χ3n) is 9.57. The van der Waals surface area contributed by atoms with Crippen molar-refractivity contribution in [3.63, 3.8) is 0 Å². The number of benzene rings is 1. The number of Topliss-reactive ketones (excluding diaryl/α,β-unsaturated/α-hetero) is 2. The first-order valence-electron chi connectivity index (χ1n) is 21.5. The minimum absolute atomic E-state index is 0.0140. The van der Waals surface area contributed by atoms with Gasteiger partial charge in [-0.3, -0.25) is 33.6 Å². The molecule has 13 nitrogen and oxygen atoms in total. The Kier molecular flexibility index (Phi) is 28.9. The van der Waals surface area contributed by atoms with Crippen molar-refractivity contribution in [3.05, 3.63) is 35.9 Å². The lowest BCUT2D eigenvalue weighted by Gasteiger charge is -2.32. The number of amides is 5. The standard InChI is InChI=1S/C33H51N5O6.C5H11NO.C5H12.C3H8/c1-21(13-12-18-38(7)32(44)29(34-6)33(3,4)5)30(42)36-25(19-23-14-11-15-23)28(41)31(43)35-20-26(40)37-27(22(2)39)24-16-9-8-10-17-24;1-5(2,3)6-4-7;1-4-5(2)3;1-3-2/h8-10,16-17,21,23,25,27,29,34H,11-15,18-20H2,1-7H3,(H,35,43)(H,36,42)(H,37,40);4H,1-3H3,(H,6,7);5H,4H2,1-3H3;3H2,1-2H3. The second-order valence-corrected chi connectivity index (χ2v) is 18.1. The Morgan fingerprint density at radius 3 is 1.83 bits per heavy atom. The van der Waals surface area contributed by atoms with E-state index >= 15 is 0 Å². The first-order chi connectivity index (χ1) is 27.4. The van der Waals surface area contributed by atoms with Crippen LogP contribution < -0.4 is 26.6 Å². The highest BCUT2D eigenvalue weighted by Crippen LogP contribution is 2.31. The second kappa shape index (κ2) is 30.0. The van der Waals surface area contributed by atoms with E-state index in [1.54, 1.807) is 56.3 Å². The fourth-order valence-electron chi connectivity index (χ4n) is 5.49. The zero-order valence-electron chi connectivity index (χ0n) is 39.3. The minimum atomic E-state index is -1.000. The van der Waals surface area contributed by atoms with Crippen molar-refractivity contribution in [3.8, 4) is 0 Å². The van der Waals surface area contributed by atoms with Gasteiger partial charge >= 0.3 is 0 Å². The summed E-state index contributed by atoms with van der Waals surface area (Å²) in [7, 11) is 3.51. The van der Waals surface area contributed by atoms with Gasteiger partial charge in [-0.15, -0.1) is 0 Å². The quantitative estimate of drug-likeness (QED) is 0.0795. The second-order valence-electron chi connectivity index (χ2n) is 18.1. The van der Waals surface area contributed by atoms with Crippen LogP contribution in [-0.2, 0) is 33.6 Å². The third-order valence-corrected chi connectivity index (χ3v) is 9.57. The maximum absolute atomic E-state index is 13.1. The molecule has 1 saturated carbocycles. The van der Waals surface area contributed by atoms with Crippen LogP contribution in [0.4, 0.5) is 0 Å². The van der Waals surface area contributed by atoms with Crippen LogP contribution in [0.3, 0.4) is 0 Å². The lowest BCUT2D eigenvalue weighted by Crippen LogP contribution is -2.51. The lowest BCUT2D eigenvalue weighted by molar-refractivity contribution is -0.141. The molecule has 338 valence electrons. The molecule has 0 aromatic heterocycles. The molecule has 0 radical (unpaired) electrons. The Balaban J connectivity index is 0. The molecule has 0 heterocycles. The highest BCUT2D eigenvalue weighted by Gasteiger charge is 2.34. The predicted molar refractivity (Wildman–Crippen MR) is 238 cm³/mol. The van der Waals surface area contributed by atoms with Gasteiger partial charge < -0.3 is 31.5 Å². The van der Waals surface area contributed by atoms with Crippen molar-refractivity contribution >= 4 is 41.6 Å². The van der Waals surface area contributed by atoms with Crippen molar-refractivity contribution in [2.75, 3.05) is 27.2 Å². The Hall–Kier alpha value is -4.13. The van der Waals surface area contributed by atoms with Crippen molar-refractivity contribution < 1.29 is 33.6 Å². The van der Waals surface area contributed by atoms with Crippen LogP contribution in [0.15, 0.2) is 30.3 Å². The van der Waals surface area contributed by atoms with Gasteiger partial charge in [-0.25, -0.2) is 0 Å². The number of likely N-dealkylation sites (N-methyl/N-ethyl adjacent to an activating group) is 2. The summed E-state index contributed by atoms with van der Waals surface area (Å²) in [6.07, 6.45) is 7.60. The van der Waals surface area contributed by atoms with Gasteiger partial charge in [0.15, 0.2) is 5.78 Å². The molecule has 0 spiro atoms. The van der Waals surface area contributed by atoms with E-state index in [0.717, 1.165) is 25.2 Å². The van der Waals surface area contributed by atoms with Gasteiger partial charge in [0.05, 0.1) is 18.6 Å². The van der Waals surface area contributed by atoms with E-state index in [1.807, 2.05) is 41.5 Å². The minimum Gasteiger partial charge on any atom is -0.354 e. The van der Waals surface area contributed by atoms with Crippen LogP contribution in [0.1, 0.15) is 153 Å². The summed E-state index contributed by atoms with van der Waals surface area (Å²) in [6.45, 7) is 25.8. The molecule has 5 amide bonds. The molecule has 0 saturated heterocycles. The number of hydrogen-bond donors (Lipinski definition) is 5. The third kappa shape index (κ3) is 25.9. The molecule has 1 fully saturated rings. The van der Waals surface area contributed by atoms with Gasteiger partial charge in [-0.05, 0) is 76.8 Å². The highest BCUT2D eigenvalue weighted by molar-refractivity contribution is 6.38. The van der Waals surface area contributed by atoms with Gasteiger partial charge in [0.2, 0.25) is 29.9 Å². The van der Waals surface area contributed by atoms with E-state index in [0.29, 0.717) is 37.8 Å². The molecule has 13 heteroatoms. The first-order valence-corrected chi connectivity index (χ1v) is 21.5. The molecule has 1 aromatic rings. The van der Waals surface area contributed by atoms with Crippen LogP contribution in [0.5, 0.6) is 0 Å². The molecule has 4 atom stereocenters. The number of hydrogen-bond acceptors (Lipinski definition) is 8. The molecule has 2 rings (SSSR count). The van der Waals surface area contributed by atoms with E-state index in [1.165, 1.54) is 19.8 Å². The average molecular weight is 831 g/mol. The number of rotatable bonds is 19. The number of nitrogens with zero attached hydrogens (tertiary/aromatic N) is 1. The van der Waals surface area contributed by atoms with E-state index in [4.69, 9.17) is 0 Å². The first kappa shape index (κ1) is 57.0. The molecule has 1 aliphatic rings. The monoisotopic (exact) mass is 831 g/mol. The van der Waals surface area contributed by atoms with Gasteiger partial charge in [-0.1, -0.05) is 125 Å². The van der Waals surface area contributed by atoms with Crippen LogP contribution in [0, 0.1) is 23.2 Å². The maximum atomic E-state index is 13.1. The van der Waals surface area contributed by atoms with Gasteiger partial charge in [0.25, 0.3) is 5.91 Å². The van der Waals surface area contributed by atoms with Crippen molar-refractivity contribution in [2.45, 2.75) is 165 Å². The van der Waals surface area contributed by atoms with Crippen molar-refractivity contribution in [2.24, 2.45) is 23.2 Å². The maximum Gasteiger partial charge on any atom is 0.290 e. The summed E-state index contributed by atoms with van der Waals surface area (Å²) in [5, 5.41) is 13.4. The van der Waals surface area contributed by atoms with Crippen LogP contribution in [0.2, 0.25) is 0 Å². The van der Waals surface area contributed by atoms with Gasteiger partial charge in [-0.2, -0.15) is 0 Å². The SMILES string of the molecule is CC(C)(C)NC=O.CCC.CCC(C)C.CNC(C(=O)N(C)CCCC(C)C(=O)NC(CC1CCC1)C(=O)C(=O)NCC(=O)NC(C(C)=O)c1ccccc1)C(C)(C)C. The molecule has 1 aromatic carbocycles. The normalized spacial score (nSPS) is 14.3. The van der Waals surface area contributed by atoms with Crippen LogP contribution in [0.25, 0.3) is 0 Å². The number of carbonyl (C=O) groups is 7. The fourth-order valence-corrected chi connectivity index (χ4v) is 5.49. The highest BCUT2D eigenvalue weighted by atomic mass is 16.2. The largest absolute Gasteiger partial charge is 0.354 e. The smallest absolute Gasteiger partial charge is 0.290 e. The molecule has 4 unspecified atom stereocenters. The summed E-state index contributed by atoms with van der Waals surface area (Å²) in [6, 6.07) is 6.53. The molecule has 0 aliphatic heterocycles. The number of carbonyl (C=O) groups excluding carboxylic acids is 7. The van der Waals surface area contributed by atoms with Gasteiger partial charge in [0, 0.05) is 25.0 Å². The Morgan fingerprint density at radius 2 is 1.44 bits per heavy atom. The Labute approximate surface area is 357 Å². The summed E-state index contributed by atoms with van der Waals surface area (Å²) >= 11 is 0. The van der Waals surface area contributed by atoms with Gasteiger partial charge in [0.1, 0.15) is 6.04 Å². The van der Waals surface area contributed by atoms with Crippen molar-refractivity contribution in [1.82, 2.24) is 31.5 Å².